The minimum Gasteiger partial charge on any atom is -0.508 e. The maximum absolute atomic E-state index is 11.7. The van der Waals surface area contributed by atoms with Crippen molar-refractivity contribution in [3.05, 3.63) is 65.7 Å². The van der Waals surface area contributed by atoms with Crippen molar-refractivity contribution < 1.29 is 13.5 Å². The van der Waals surface area contributed by atoms with Gasteiger partial charge in [-0.2, -0.15) is 0 Å². The van der Waals surface area contributed by atoms with Gasteiger partial charge in [-0.3, -0.25) is 4.72 Å². The Balaban J connectivity index is 0.000000203. The standard InChI is InChI=1S/C8H7N3O2S2.C7H8O/c12-15(13,7-4-2-1-3-5-7)11-8-10-9-6-14-8;1-6-4-2-3-5-7(6)8/h1-6H,(H,10,11);2-5,8H,1H3. The lowest BCUT2D eigenvalue weighted by molar-refractivity contribution is 0.471. The molecule has 23 heavy (non-hydrogen) atoms. The first-order valence-corrected chi connectivity index (χ1v) is 8.94. The van der Waals surface area contributed by atoms with E-state index in [1.165, 1.54) is 17.6 Å². The molecule has 0 aliphatic rings. The number of nitrogens with zero attached hydrogens (tertiary/aromatic N) is 2. The Labute approximate surface area is 138 Å². The van der Waals surface area contributed by atoms with E-state index in [0.29, 0.717) is 5.75 Å². The fourth-order valence-electron chi connectivity index (χ4n) is 1.55. The third-order valence-electron chi connectivity index (χ3n) is 2.75. The highest BCUT2D eigenvalue weighted by atomic mass is 32.2. The molecular formula is C15H15N3O3S2. The first kappa shape index (κ1) is 16.9. The van der Waals surface area contributed by atoms with E-state index in [9.17, 15) is 8.42 Å². The highest BCUT2D eigenvalue weighted by molar-refractivity contribution is 7.93. The average molecular weight is 349 g/mol. The Hall–Kier alpha value is -2.45. The molecule has 0 unspecified atom stereocenters. The Kier molecular flexibility index (Phi) is 5.67. The summed E-state index contributed by atoms with van der Waals surface area (Å²) in [6, 6.07) is 15.4. The van der Waals surface area contributed by atoms with Crippen LogP contribution in [0, 0.1) is 6.92 Å². The molecule has 2 N–H and O–H groups in total. The molecule has 0 bridgehead atoms. The number of anilines is 1. The quantitative estimate of drug-likeness (QED) is 0.758. The van der Waals surface area contributed by atoms with Gasteiger partial charge in [-0.25, -0.2) is 8.42 Å². The number of para-hydroxylation sites is 1. The van der Waals surface area contributed by atoms with Gasteiger partial charge in [0.05, 0.1) is 4.90 Å². The molecule has 0 atom stereocenters. The first-order chi connectivity index (χ1) is 11.0. The predicted molar refractivity (Wildman–Crippen MR) is 90.0 cm³/mol. The van der Waals surface area contributed by atoms with E-state index < -0.39 is 10.0 Å². The van der Waals surface area contributed by atoms with Crippen molar-refractivity contribution in [1.29, 1.82) is 0 Å². The third kappa shape index (κ3) is 5.04. The molecule has 1 heterocycles. The zero-order valence-corrected chi connectivity index (χ0v) is 13.9. The van der Waals surface area contributed by atoms with Gasteiger partial charge in [0.25, 0.3) is 10.0 Å². The van der Waals surface area contributed by atoms with Crippen molar-refractivity contribution in [2.24, 2.45) is 0 Å². The fraction of sp³-hybridized carbons (Fsp3) is 0.0667. The van der Waals surface area contributed by atoms with Gasteiger partial charge in [0.15, 0.2) is 0 Å². The summed E-state index contributed by atoms with van der Waals surface area (Å²) in [4.78, 5) is 0.209. The number of hydrogen-bond donors (Lipinski definition) is 2. The highest BCUT2D eigenvalue weighted by Gasteiger charge is 2.14. The molecule has 0 fully saturated rings. The van der Waals surface area contributed by atoms with Crippen LogP contribution in [0.15, 0.2) is 65.0 Å². The van der Waals surface area contributed by atoms with E-state index in [2.05, 4.69) is 14.9 Å². The average Bonchev–Trinajstić information content (AvgIpc) is 3.04. The van der Waals surface area contributed by atoms with E-state index in [0.717, 1.165) is 16.9 Å². The number of hydrogen-bond acceptors (Lipinski definition) is 6. The molecule has 0 radical (unpaired) electrons. The van der Waals surface area contributed by atoms with Gasteiger partial charge < -0.3 is 5.11 Å². The van der Waals surface area contributed by atoms with Crippen LogP contribution >= 0.6 is 11.3 Å². The smallest absolute Gasteiger partial charge is 0.263 e. The molecule has 0 amide bonds. The van der Waals surface area contributed by atoms with Crippen LogP contribution in [0.1, 0.15) is 5.56 Å². The maximum Gasteiger partial charge on any atom is 0.263 e. The maximum atomic E-state index is 11.7. The second-order valence-electron chi connectivity index (χ2n) is 4.45. The first-order valence-electron chi connectivity index (χ1n) is 6.57. The molecule has 1 aromatic heterocycles. The molecular weight excluding hydrogens is 334 g/mol. The molecule has 0 saturated heterocycles. The number of rotatable bonds is 3. The van der Waals surface area contributed by atoms with Crippen molar-refractivity contribution >= 4 is 26.5 Å². The summed E-state index contributed by atoms with van der Waals surface area (Å²) in [7, 11) is -3.53. The summed E-state index contributed by atoms with van der Waals surface area (Å²) < 4.78 is 25.8. The second-order valence-corrected chi connectivity index (χ2v) is 6.96. The molecule has 120 valence electrons. The number of phenolic OH excluding ortho intramolecular Hbond substituents is 1. The second kappa shape index (κ2) is 7.70. The zero-order chi connectivity index (χ0) is 16.7. The summed E-state index contributed by atoms with van der Waals surface area (Å²) in [6.07, 6.45) is 0. The molecule has 8 heteroatoms. The Morgan fingerprint density at radius 3 is 2.22 bits per heavy atom. The molecule has 2 aromatic carbocycles. The van der Waals surface area contributed by atoms with E-state index in [4.69, 9.17) is 5.11 Å². The minimum absolute atomic E-state index is 0.209. The summed E-state index contributed by atoms with van der Waals surface area (Å²) in [6.45, 7) is 1.87. The third-order valence-corrected chi connectivity index (χ3v) is 4.84. The van der Waals surface area contributed by atoms with Crippen molar-refractivity contribution in [3.8, 4) is 5.75 Å². The van der Waals surface area contributed by atoms with Gasteiger partial charge in [-0.05, 0) is 30.7 Å². The van der Waals surface area contributed by atoms with Crippen LogP contribution in [0.4, 0.5) is 5.13 Å². The lowest BCUT2D eigenvalue weighted by Gasteiger charge is -2.03. The highest BCUT2D eigenvalue weighted by Crippen LogP contribution is 2.16. The van der Waals surface area contributed by atoms with Crippen molar-refractivity contribution in [2.75, 3.05) is 4.72 Å². The molecule has 0 spiro atoms. The molecule has 3 aromatic rings. The topological polar surface area (TPSA) is 92.2 Å². The van der Waals surface area contributed by atoms with Crippen LogP contribution in [0.2, 0.25) is 0 Å². The van der Waals surface area contributed by atoms with Gasteiger partial charge in [-0.15, -0.1) is 10.2 Å². The monoisotopic (exact) mass is 349 g/mol. The zero-order valence-electron chi connectivity index (χ0n) is 12.2. The largest absolute Gasteiger partial charge is 0.508 e. The number of aromatic nitrogens is 2. The van der Waals surface area contributed by atoms with Crippen LogP contribution in [-0.4, -0.2) is 23.7 Å². The van der Waals surface area contributed by atoms with Crippen LogP contribution in [0.3, 0.4) is 0 Å². The van der Waals surface area contributed by atoms with E-state index in [1.54, 1.807) is 24.3 Å². The molecule has 0 aliphatic carbocycles. The Morgan fingerprint density at radius 2 is 1.70 bits per heavy atom. The van der Waals surface area contributed by atoms with Gasteiger partial charge >= 0.3 is 0 Å². The number of sulfonamides is 1. The molecule has 3 rings (SSSR count). The number of nitrogens with one attached hydrogen (secondary N) is 1. The summed E-state index contributed by atoms with van der Waals surface area (Å²) in [5.74, 6) is 0.368. The Bertz CT molecular complexity index is 814. The van der Waals surface area contributed by atoms with E-state index in [-0.39, 0.29) is 10.0 Å². The van der Waals surface area contributed by atoms with Gasteiger partial charge in [0.2, 0.25) is 5.13 Å². The van der Waals surface area contributed by atoms with Gasteiger partial charge in [-0.1, -0.05) is 47.7 Å². The Morgan fingerprint density at radius 1 is 1.04 bits per heavy atom. The number of aryl methyl sites for hydroxylation is 1. The van der Waals surface area contributed by atoms with E-state index in [1.807, 2.05) is 25.1 Å². The lowest BCUT2D eigenvalue weighted by atomic mass is 10.2. The molecule has 0 saturated carbocycles. The SMILES string of the molecule is Cc1ccccc1O.O=S(=O)(Nc1nncs1)c1ccccc1. The molecule has 6 nitrogen and oxygen atoms in total. The normalized spacial score (nSPS) is 10.5. The summed E-state index contributed by atoms with van der Waals surface area (Å²) in [5.41, 5.74) is 2.38. The number of phenols is 1. The van der Waals surface area contributed by atoms with E-state index >= 15 is 0 Å². The van der Waals surface area contributed by atoms with Crippen LogP contribution < -0.4 is 4.72 Å². The van der Waals surface area contributed by atoms with Crippen LogP contribution in [0.25, 0.3) is 0 Å². The number of aromatic hydroxyl groups is 1. The minimum atomic E-state index is -3.53. The van der Waals surface area contributed by atoms with Crippen molar-refractivity contribution in [1.82, 2.24) is 10.2 Å². The predicted octanol–water partition coefficient (Wildman–Crippen LogP) is 3.04. The molecule has 0 aliphatic heterocycles. The van der Waals surface area contributed by atoms with Crippen LogP contribution in [-0.2, 0) is 10.0 Å². The van der Waals surface area contributed by atoms with Crippen molar-refractivity contribution in [3.63, 3.8) is 0 Å². The van der Waals surface area contributed by atoms with Crippen molar-refractivity contribution in [2.45, 2.75) is 11.8 Å². The van der Waals surface area contributed by atoms with Gasteiger partial charge in [0, 0.05) is 0 Å². The summed E-state index contributed by atoms with van der Waals surface area (Å²) >= 11 is 1.13. The number of benzene rings is 2. The lowest BCUT2D eigenvalue weighted by Crippen LogP contribution is -2.12. The fourth-order valence-corrected chi connectivity index (χ4v) is 3.27. The van der Waals surface area contributed by atoms with Gasteiger partial charge in [0.1, 0.15) is 11.3 Å². The van der Waals surface area contributed by atoms with Crippen LogP contribution in [0.5, 0.6) is 5.75 Å². The summed E-state index contributed by atoms with van der Waals surface area (Å²) in [5, 5.41) is 16.3.